The van der Waals surface area contributed by atoms with Gasteiger partial charge in [-0.15, -0.1) is 0 Å². The van der Waals surface area contributed by atoms with Crippen LogP contribution in [0.1, 0.15) is 0 Å². The Labute approximate surface area is 120 Å². The van der Waals surface area contributed by atoms with E-state index in [4.69, 9.17) is 5.26 Å². The SMILES string of the molecule is [O-]OOSC(F)(F)C(F)(F)C(F)(F)C(F)(F)C(F)(F)C(F)(F)F. The fraction of sp³-hybridized carbons (Fsp3) is 1.00. The summed E-state index contributed by atoms with van der Waals surface area (Å²) in [5.74, 6) is -31.3. The van der Waals surface area contributed by atoms with Gasteiger partial charge in [-0.25, -0.2) is 0 Å². The summed E-state index contributed by atoms with van der Waals surface area (Å²) < 4.78 is 164. The van der Waals surface area contributed by atoms with Gasteiger partial charge in [0.2, 0.25) is 0 Å². The van der Waals surface area contributed by atoms with Gasteiger partial charge in [-0.2, -0.15) is 61.4 Å². The Bertz CT molecular complexity index is 418. The van der Waals surface area contributed by atoms with Crippen LogP contribution in [0.15, 0.2) is 0 Å². The number of alkyl halides is 13. The highest BCUT2D eigenvalue weighted by molar-refractivity contribution is 7.95. The minimum Gasteiger partial charge on any atom is -0.691 e. The van der Waals surface area contributed by atoms with Gasteiger partial charge in [0.25, 0.3) is 0 Å². The maximum atomic E-state index is 12.8. The topological polar surface area (TPSA) is 41.5 Å². The Balaban J connectivity index is 6.03. The van der Waals surface area contributed by atoms with Crippen LogP contribution in [0.5, 0.6) is 0 Å². The van der Waals surface area contributed by atoms with Gasteiger partial charge >= 0.3 is 35.1 Å². The molecule has 0 aliphatic heterocycles. The average molecular weight is 399 g/mol. The van der Waals surface area contributed by atoms with Gasteiger partial charge < -0.3 is 5.26 Å². The monoisotopic (exact) mass is 399 g/mol. The molecule has 140 valence electrons. The quantitative estimate of drug-likeness (QED) is 0.284. The first-order valence-electron chi connectivity index (χ1n) is 4.41. The average Bonchev–Trinajstić information content (AvgIpc) is 2.34. The van der Waals surface area contributed by atoms with Crippen molar-refractivity contribution in [1.29, 1.82) is 0 Å². The maximum Gasteiger partial charge on any atom is 0.460 e. The molecule has 0 aliphatic rings. The second-order valence-corrected chi connectivity index (χ2v) is 4.35. The minimum absolute atomic E-state index is 2.03. The lowest BCUT2D eigenvalue weighted by molar-refractivity contribution is -0.777. The van der Waals surface area contributed by atoms with Crippen molar-refractivity contribution < 1.29 is 71.7 Å². The molecular weight excluding hydrogens is 399 g/mol. The Morgan fingerprint density at radius 3 is 1.22 bits per heavy atom. The molecule has 17 heteroatoms. The molecule has 3 nitrogen and oxygen atoms in total. The molecule has 0 aliphatic carbocycles. The van der Waals surface area contributed by atoms with Crippen LogP contribution in [-0.2, 0) is 9.37 Å². The summed E-state index contributed by atoms with van der Waals surface area (Å²) in [6, 6.07) is 0. The molecule has 0 saturated heterocycles. The molecule has 0 aromatic heterocycles. The van der Waals surface area contributed by atoms with E-state index in [2.05, 4.69) is 4.33 Å². The summed E-state index contributed by atoms with van der Waals surface area (Å²) in [4.78, 5) is 0. The summed E-state index contributed by atoms with van der Waals surface area (Å²) in [6.45, 7) is 0. The van der Waals surface area contributed by atoms with Crippen LogP contribution < -0.4 is 5.26 Å². The maximum absolute atomic E-state index is 12.8. The Morgan fingerprint density at radius 2 is 0.913 bits per heavy atom. The van der Waals surface area contributed by atoms with Crippen LogP contribution in [0.2, 0.25) is 0 Å². The van der Waals surface area contributed by atoms with E-state index in [-0.39, 0.29) is 0 Å². The fourth-order valence-corrected chi connectivity index (χ4v) is 1.21. The van der Waals surface area contributed by atoms with E-state index < -0.39 is 47.2 Å². The lowest BCUT2D eigenvalue weighted by Crippen LogP contribution is -2.69. The van der Waals surface area contributed by atoms with E-state index in [1.54, 1.807) is 0 Å². The minimum atomic E-state index is -8.00. The van der Waals surface area contributed by atoms with Crippen LogP contribution in [0, 0.1) is 0 Å². The van der Waals surface area contributed by atoms with Crippen LogP contribution in [0.3, 0.4) is 0 Å². The van der Waals surface area contributed by atoms with E-state index >= 15 is 0 Å². The van der Waals surface area contributed by atoms with Gasteiger partial charge in [-0.05, 0) is 0 Å². The predicted molar refractivity (Wildman–Crippen MR) is 40.6 cm³/mol. The second kappa shape index (κ2) is 5.99. The first-order chi connectivity index (χ1) is 9.81. The zero-order valence-electron chi connectivity index (χ0n) is 9.55. The molecule has 0 aromatic rings. The predicted octanol–water partition coefficient (Wildman–Crippen LogP) is 3.55. The van der Waals surface area contributed by atoms with Crippen molar-refractivity contribution in [1.82, 2.24) is 0 Å². The van der Waals surface area contributed by atoms with Gasteiger partial charge in [0.1, 0.15) is 12.0 Å². The molecule has 0 atom stereocenters. The Kier molecular flexibility index (Phi) is 5.82. The molecule has 0 saturated carbocycles. The standard InChI is InChI=1S/C6HF13O3S/c7-1(8,3(11,12)5(15,16)17)2(9,10)4(13,14)6(18,19)23-22-21-20/h20H/p-1. The molecule has 0 fully saturated rings. The highest BCUT2D eigenvalue weighted by Crippen LogP contribution is 2.61. The second-order valence-electron chi connectivity index (χ2n) is 3.53. The first kappa shape index (κ1) is 22.3. The summed E-state index contributed by atoms with van der Waals surface area (Å²) in [5.41, 5.74) is 0. The van der Waals surface area contributed by atoms with Crippen LogP contribution >= 0.6 is 12.0 Å². The third-order valence-corrected chi connectivity index (χ3v) is 2.66. The van der Waals surface area contributed by atoms with E-state index in [0.717, 1.165) is 0 Å². The molecule has 0 aromatic carbocycles. The molecule has 0 heterocycles. The molecule has 0 radical (unpaired) electrons. The number of halogens is 13. The van der Waals surface area contributed by atoms with Crippen molar-refractivity contribution in [3.05, 3.63) is 0 Å². The van der Waals surface area contributed by atoms with Crippen molar-refractivity contribution in [3.63, 3.8) is 0 Å². The number of rotatable bonds is 7. The van der Waals surface area contributed by atoms with E-state index in [1.807, 2.05) is 5.04 Å². The normalized spacial score (nSPS) is 15.9. The number of hydrogen-bond acceptors (Lipinski definition) is 4. The molecular formula is C6F13O3S-. The van der Waals surface area contributed by atoms with Crippen molar-refractivity contribution in [2.75, 3.05) is 0 Å². The van der Waals surface area contributed by atoms with Gasteiger partial charge in [-0.1, -0.05) is 0 Å². The van der Waals surface area contributed by atoms with Crippen molar-refractivity contribution in [2.24, 2.45) is 0 Å². The summed E-state index contributed by atoms with van der Waals surface area (Å²) in [6.07, 6.45) is -7.48. The lowest BCUT2D eigenvalue weighted by Gasteiger charge is -2.38. The van der Waals surface area contributed by atoms with E-state index in [0.29, 0.717) is 0 Å². The highest BCUT2D eigenvalue weighted by Gasteiger charge is 2.91. The third kappa shape index (κ3) is 3.27. The van der Waals surface area contributed by atoms with Crippen molar-refractivity contribution in [3.8, 4) is 0 Å². The van der Waals surface area contributed by atoms with E-state index in [9.17, 15) is 57.1 Å². The van der Waals surface area contributed by atoms with E-state index in [1.165, 1.54) is 0 Å². The lowest BCUT2D eigenvalue weighted by atomic mass is 9.98. The molecule has 0 amide bonds. The fourth-order valence-electron chi connectivity index (χ4n) is 0.864. The van der Waals surface area contributed by atoms with Gasteiger partial charge in [0.05, 0.1) is 0 Å². The van der Waals surface area contributed by atoms with Crippen molar-refractivity contribution in [2.45, 2.75) is 35.1 Å². The molecule has 0 bridgehead atoms. The first-order valence-corrected chi connectivity index (χ1v) is 5.15. The molecule has 0 N–H and O–H groups in total. The summed E-state index contributed by atoms with van der Waals surface area (Å²) in [7, 11) is 0. The van der Waals surface area contributed by atoms with Crippen molar-refractivity contribution >= 4 is 12.0 Å². The third-order valence-electron chi connectivity index (χ3n) is 2.07. The van der Waals surface area contributed by atoms with Crippen LogP contribution in [-0.4, -0.2) is 35.1 Å². The Hall–Kier alpha value is -0.680. The summed E-state index contributed by atoms with van der Waals surface area (Å²) in [5, 5.41) is 4.58. The zero-order valence-corrected chi connectivity index (χ0v) is 10.4. The molecule has 23 heavy (non-hydrogen) atoms. The zero-order chi connectivity index (χ0) is 19.1. The van der Waals surface area contributed by atoms with Gasteiger partial charge in [0.15, 0.2) is 0 Å². The number of hydrogen-bond donors (Lipinski definition) is 0. The molecule has 0 unspecified atom stereocenters. The molecule has 0 spiro atoms. The van der Waals surface area contributed by atoms with Gasteiger partial charge in [-0.3, -0.25) is 5.04 Å². The highest BCUT2D eigenvalue weighted by atomic mass is 32.2. The van der Waals surface area contributed by atoms with Crippen LogP contribution in [0.4, 0.5) is 57.1 Å². The van der Waals surface area contributed by atoms with Gasteiger partial charge in [0, 0.05) is 0 Å². The Morgan fingerprint density at radius 1 is 0.565 bits per heavy atom. The smallest absolute Gasteiger partial charge is 0.460 e. The molecule has 0 rings (SSSR count). The van der Waals surface area contributed by atoms with Crippen LogP contribution in [0.25, 0.3) is 0 Å². The largest absolute Gasteiger partial charge is 0.691 e. The summed E-state index contributed by atoms with van der Waals surface area (Å²) >= 11 is -2.31.